The molecule has 1 saturated heterocycles. The van der Waals surface area contributed by atoms with Crippen molar-refractivity contribution in [3.05, 3.63) is 28.8 Å². The molecule has 1 aromatic carbocycles. The van der Waals surface area contributed by atoms with Gasteiger partial charge < -0.3 is 16.2 Å². The molecule has 2 rings (SSSR count). The molecule has 88 valence electrons. The molecule has 1 heterocycles. The first-order valence-electron chi connectivity index (χ1n) is 5.65. The molecule has 0 spiro atoms. The molecule has 1 aliphatic rings. The zero-order valence-electron chi connectivity index (χ0n) is 9.12. The summed E-state index contributed by atoms with van der Waals surface area (Å²) in [6.45, 7) is 0.977. The summed E-state index contributed by atoms with van der Waals surface area (Å²) in [5.41, 5.74) is 7.02. The van der Waals surface area contributed by atoms with E-state index in [1.807, 2.05) is 6.07 Å². The number of piperidine rings is 1. The van der Waals surface area contributed by atoms with Crippen molar-refractivity contribution in [2.45, 2.75) is 31.4 Å². The van der Waals surface area contributed by atoms with E-state index in [0.717, 1.165) is 24.9 Å². The van der Waals surface area contributed by atoms with Gasteiger partial charge in [-0.2, -0.15) is 0 Å². The fraction of sp³-hybridized carbons (Fsp3) is 0.500. The molecule has 0 aromatic heterocycles. The molecule has 0 bridgehead atoms. The highest BCUT2D eigenvalue weighted by molar-refractivity contribution is 6.33. The highest BCUT2D eigenvalue weighted by Crippen LogP contribution is 2.27. The minimum Gasteiger partial charge on any atom is -0.398 e. The predicted molar refractivity (Wildman–Crippen MR) is 66.5 cm³/mol. The largest absolute Gasteiger partial charge is 0.398 e. The van der Waals surface area contributed by atoms with E-state index in [4.69, 9.17) is 17.3 Å². The summed E-state index contributed by atoms with van der Waals surface area (Å²) in [6, 6.07) is 5.46. The van der Waals surface area contributed by atoms with Crippen LogP contribution in [0.2, 0.25) is 5.02 Å². The first-order valence-corrected chi connectivity index (χ1v) is 6.02. The van der Waals surface area contributed by atoms with Gasteiger partial charge in [-0.25, -0.2) is 0 Å². The van der Waals surface area contributed by atoms with E-state index in [9.17, 15) is 5.11 Å². The van der Waals surface area contributed by atoms with Crippen molar-refractivity contribution >= 4 is 17.3 Å². The molecule has 1 aliphatic heterocycles. The summed E-state index contributed by atoms with van der Waals surface area (Å²) in [5, 5.41) is 14.0. The summed E-state index contributed by atoms with van der Waals surface area (Å²) in [5.74, 6) is 0. The molecular formula is C12H17ClN2O. The Balaban J connectivity index is 2.12. The van der Waals surface area contributed by atoms with Crippen molar-refractivity contribution in [3.63, 3.8) is 0 Å². The maximum atomic E-state index is 10.2. The lowest BCUT2D eigenvalue weighted by Gasteiger charge is -2.28. The minimum atomic E-state index is -0.501. The van der Waals surface area contributed by atoms with E-state index in [1.54, 1.807) is 12.1 Å². The Morgan fingerprint density at radius 2 is 2.25 bits per heavy atom. The number of nitrogen functional groups attached to an aromatic ring is 1. The lowest BCUT2D eigenvalue weighted by Crippen LogP contribution is -2.38. The zero-order chi connectivity index (χ0) is 11.5. The Bertz CT molecular complexity index is 364. The Labute approximate surface area is 101 Å². The van der Waals surface area contributed by atoms with Crippen LogP contribution in [0, 0.1) is 0 Å². The Morgan fingerprint density at radius 1 is 1.44 bits per heavy atom. The second-order valence-electron chi connectivity index (χ2n) is 4.28. The zero-order valence-corrected chi connectivity index (χ0v) is 9.87. The van der Waals surface area contributed by atoms with Crippen LogP contribution in [-0.2, 0) is 0 Å². The highest BCUT2D eigenvalue weighted by Gasteiger charge is 2.22. The van der Waals surface area contributed by atoms with Crippen molar-refractivity contribution in [2.75, 3.05) is 12.3 Å². The Hall–Kier alpha value is -0.770. The van der Waals surface area contributed by atoms with Gasteiger partial charge in [-0.15, -0.1) is 0 Å². The van der Waals surface area contributed by atoms with Gasteiger partial charge in [0.05, 0.1) is 16.8 Å². The van der Waals surface area contributed by atoms with E-state index in [0.29, 0.717) is 10.7 Å². The number of aliphatic hydroxyl groups is 1. The average Bonchev–Trinajstić information content (AvgIpc) is 2.33. The Morgan fingerprint density at radius 3 is 2.88 bits per heavy atom. The van der Waals surface area contributed by atoms with Crippen LogP contribution in [0.5, 0.6) is 0 Å². The fourth-order valence-electron chi connectivity index (χ4n) is 2.11. The number of aliphatic hydroxyl groups excluding tert-OH is 1. The quantitative estimate of drug-likeness (QED) is 0.694. The van der Waals surface area contributed by atoms with Crippen LogP contribution in [0.25, 0.3) is 0 Å². The SMILES string of the molecule is Nc1ccc(C(O)C2CCCCN2)cc1Cl. The standard InChI is InChI=1S/C12H17ClN2O/c13-9-7-8(4-5-10(9)14)12(16)11-3-1-2-6-15-11/h4-5,7,11-12,15-16H,1-3,6,14H2. The molecule has 3 nitrogen and oxygen atoms in total. The van der Waals surface area contributed by atoms with Gasteiger partial charge >= 0.3 is 0 Å². The van der Waals surface area contributed by atoms with Crippen molar-refractivity contribution in [1.29, 1.82) is 0 Å². The van der Waals surface area contributed by atoms with Crippen LogP contribution in [0.15, 0.2) is 18.2 Å². The van der Waals surface area contributed by atoms with Crippen LogP contribution in [0.4, 0.5) is 5.69 Å². The first kappa shape index (κ1) is 11.7. The molecule has 0 amide bonds. The van der Waals surface area contributed by atoms with Crippen molar-refractivity contribution < 1.29 is 5.11 Å². The number of rotatable bonds is 2. The molecule has 2 atom stereocenters. The normalized spacial score (nSPS) is 23.0. The van der Waals surface area contributed by atoms with Gasteiger partial charge in [0, 0.05) is 6.04 Å². The number of halogens is 1. The van der Waals surface area contributed by atoms with Gasteiger partial charge in [0.15, 0.2) is 0 Å². The number of benzene rings is 1. The second kappa shape index (κ2) is 5.04. The molecule has 2 unspecified atom stereocenters. The molecule has 1 aromatic rings. The van der Waals surface area contributed by atoms with Crippen LogP contribution < -0.4 is 11.1 Å². The van der Waals surface area contributed by atoms with Gasteiger partial charge in [-0.3, -0.25) is 0 Å². The molecule has 0 saturated carbocycles. The molecule has 1 fully saturated rings. The number of anilines is 1. The van der Waals surface area contributed by atoms with Gasteiger partial charge in [-0.05, 0) is 37.1 Å². The van der Waals surface area contributed by atoms with Gasteiger partial charge in [-0.1, -0.05) is 24.1 Å². The second-order valence-corrected chi connectivity index (χ2v) is 4.69. The number of nitrogens with one attached hydrogen (secondary N) is 1. The van der Waals surface area contributed by atoms with E-state index >= 15 is 0 Å². The summed E-state index contributed by atoms with van der Waals surface area (Å²) >= 11 is 5.94. The summed E-state index contributed by atoms with van der Waals surface area (Å²) in [6.07, 6.45) is 2.85. The molecule has 0 aliphatic carbocycles. The average molecular weight is 241 g/mol. The third-order valence-electron chi connectivity index (χ3n) is 3.10. The van der Waals surface area contributed by atoms with E-state index in [1.165, 1.54) is 6.42 Å². The highest BCUT2D eigenvalue weighted by atomic mass is 35.5. The van der Waals surface area contributed by atoms with Crippen LogP contribution in [0.1, 0.15) is 30.9 Å². The maximum absolute atomic E-state index is 10.2. The minimum absolute atomic E-state index is 0.133. The fourth-order valence-corrected chi connectivity index (χ4v) is 2.30. The van der Waals surface area contributed by atoms with Crippen LogP contribution >= 0.6 is 11.6 Å². The van der Waals surface area contributed by atoms with Gasteiger partial charge in [0.2, 0.25) is 0 Å². The number of hydrogen-bond donors (Lipinski definition) is 3. The van der Waals surface area contributed by atoms with Gasteiger partial charge in [0.1, 0.15) is 0 Å². The third kappa shape index (κ3) is 2.48. The number of hydrogen-bond acceptors (Lipinski definition) is 3. The number of nitrogens with two attached hydrogens (primary N) is 1. The topological polar surface area (TPSA) is 58.3 Å². The van der Waals surface area contributed by atoms with E-state index in [2.05, 4.69) is 5.32 Å². The van der Waals surface area contributed by atoms with Crippen molar-refractivity contribution in [2.24, 2.45) is 0 Å². The molecule has 4 heteroatoms. The predicted octanol–water partition coefficient (Wildman–Crippen LogP) is 2.10. The summed E-state index contributed by atoms with van der Waals surface area (Å²) in [4.78, 5) is 0. The lowest BCUT2D eigenvalue weighted by atomic mass is 9.95. The third-order valence-corrected chi connectivity index (χ3v) is 3.42. The molecule has 0 radical (unpaired) electrons. The monoisotopic (exact) mass is 240 g/mol. The summed E-state index contributed by atoms with van der Waals surface area (Å²) < 4.78 is 0. The Kier molecular flexibility index (Phi) is 3.69. The molecule has 16 heavy (non-hydrogen) atoms. The smallest absolute Gasteiger partial charge is 0.0943 e. The van der Waals surface area contributed by atoms with E-state index < -0.39 is 6.10 Å². The lowest BCUT2D eigenvalue weighted by molar-refractivity contribution is 0.114. The first-order chi connectivity index (χ1) is 7.68. The molecular weight excluding hydrogens is 224 g/mol. The van der Waals surface area contributed by atoms with Crippen molar-refractivity contribution in [1.82, 2.24) is 5.32 Å². The van der Waals surface area contributed by atoms with Crippen molar-refractivity contribution in [3.8, 4) is 0 Å². The van der Waals surface area contributed by atoms with Gasteiger partial charge in [0.25, 0.3) is 0 Å². The van der Waals surface area contributed by atoms with Crippen LogP contribution in [-0.4, -0.2) is 17.7 Å². The summed E-state index contributed by atoms with van der Waals surface area (Å²) in [7, 11) is 0. The maximum Gasteiger partial charge on any atom is 0.0943 e. The van der Waals surface area contributed by atoms with Crippen LogP contribution in [0.3, 0.4) is 0 Å². The molecule has 4 N–H and O–H groups in total. The van der Waals surface area contributed by atoms with E-state index in [-0.39, 0.29) is 6.04 Å².